The van der Waals surface area contributed by atoms with Gasteiger partial charge in [-0.25, -0.2) is 4.79 Å². The van der Waals surface area contributed by atoms with Gasteiger partial charge in [0, 0.05) is 44.6 Å². The van der Waals surface area contributed by atoms with Gasteiger partial charge in [0.05, 0.1) is 11.4 Å². The van der Waals surface area contributed by atoms with E-state index < -0.39 is 5.97 Å². The zero-order valence-electron chi connectivity index (χ0n) is 17.0. The molecular weight excluding hydrogens is 368 g/mol. The number of piperidine rings is 1. The summed E-state index contributed by atoms with van der Waals surface area (Å²) in [6.07, 6.45) is 5.40. The van der Waals surface area contributed by atoms with Crippen molar-refractivity contribution in [3.63, 3.8) is 0 Å². The van der Waals surface area contributed by atoms with Crippen LogP contribution in [0.2, 0.25) is 0 Å². The highest BCUT2D eigenvalue weighted by Crippen LogP contribution is 2.22. The number of amidine groups is 1. The molecule has 0 unspecified atom stereocenters. The largest absolute Gasteiger partial charge is 0.475 e. The summed E-state index contributed by atoms with van der Waals surface area (Å²) in [6, 6.07) is 8.40. The van der Waals surface area contributed by atoms with Crippen LogP contribution in [0.1, 0.15) is 35.4 Å². The predicted octanol–water partition coefficient (Wildman–Crippen LogP) is 1.92. The van der Waals surface area contributed by atoms with Gasteiger partial charge in [0.1, 0.15) is 0 Å². The van der Waals surface area contributed by atoms with Crippen molar-refractivity contribution in [1.29, 1.82) is 0 Å². The van der Waals surface area contributed by atoms with Gasteiger partial charge in [-0.2, -0.15) is 5.10 Å². The van der Waals surface area contributed by atoms with E-state index in [4.69, 9.17) is 10.8 Å². The van der Waals surface area contributed by atoms with Crippen molar-refractivity contribution in [2.45, 2.75) is 45.8 Å². The third-order valence-corrected chi connectivity index (χ3v) is 5.37. The van der Waals surface area contributed by atoms with Gasteiger partial charge in [-0.05, 0) is 49.9 Å². The molecule has 0 aromatic carbocycles. The van der Waals surface area contributed by atoms with Crippen LogP contribution in [0.15, 0.2) is 41.8 Å². The van der Waals surface area contributed by atoms with Crippen molar-refractivity contribution in [2.24, 2.45) is 10.8 Å². The monoisotopic (exact) mass is 396 g/mol. The Morgan fingerprint density at radius 1 is 1.14 bits per heavy atom. The van der Waals surface area contributed by atoms with Crippen molar-refractivity contribution < 1.29 is 9.90 Å². The second-order valence-corrected chi connectivity index (χ2v) is 7.41. The van der Waals surface area contributed by atoms with Gasteiger partial charge in [0.15, 0.2) is 0 Å². The van der Waals surface area contributed by atoms with E-state index in [1.807, 2.05) is 24.5 Å². The number of carboxylic acid groups (broad SMARTS) is 1. The molecule has 8 nitrogen and oxygen atoms in total. The number of hydrogen-bond acceptors (Lipinski definition) is 6. The normalized spacial score (nSPS) is 15.7. The summed E-state index contributed by atoms with van der Waals surface area (Å²) in [7, 11) is 0. The maximum atomic E-state index is 10.9. The second kappa shape index (κ2) is 9.47. The van der Waals surface area contributed by atoms with E-state index in [9.17, 15) is 4.79 Å². The van der Waals surface area contributed by atoms with Crippen molar-refractivity contribution >= 4 is 11.8 Å². The number of nitrogens with two attached hydrogens (primary N) is 1. The van der Waals surface area contributed by atoms with Crippen molar-refractivity contribution in [2.75, 3.05) is 13.1 Å². The number of nitrogens with zero attached hydrogens (tertiary/aromatic N) is 5. The minimum Gasteiger partial charge on any atom is -0.475 e. The lowest BCUT2D eigenvalue weighted by atomic mass is 10.0. The SMILES string of the molecule is Cc1cccnc1CN(Cc1ncccc1C)C1CCN(/N=C(\N)C(=O)O)CC1. The molecule has 1 aliphatic rings. The van der Waals surface area contributed by atoms with Crippen LogP contribution in [0.5, 0.6) is 0 Å². The molecule has 0 radical (unpaired) electrons. The van der Waals surface area contributed by atoms with Crippen LogP contribution >= 0.6 is 0 Å². The maximum Gasteiger partial charge on any atom is 0.373 e. The Morgan fingerprint density at radius 2 is 1.66 bits per heavy atom. The lowest BCUT2D eigenvalue weighted by Gasteiger charge is -2.37. The minimum absolute atomic E-state index is 0.329. The number of aromatic nitrogens is 2. The topological polar surface area (TPSA) is 108 Å². The molecule has 2 aromatic rings. The van der Waals surface area contributed by atoms with Gasteiger partial charge in [0.2, 0.25) is 5.84 Å². The molecule has 154 valence electrons. The smallest absolute Gasteiger partial charge is 0.373 e. The number of pyridine rings is 2. The molecule has 1 saturated heterocycles. The quantitative estimate of drug-likeness (QED) is 0.567. The van der Waals surface area contributed by atoms with Crippen LogP contribution in [-0.4, -0.2) is 55.9 Å². The first-order valence-electron chi connectivity index (χ1n) is 9.81. The van der Waals surface area contributed by atoms with Crippen LogP contribution in [-0.2, 0) is 17.9 Å². The Morgan fingerprint density at radius 3 is 2.10 bits per heavy atom. The maximum absolute atomic E-state index is 10.9. The molecule has 0 saturated carbocycles. The molecule has 3 heterocycles. The molecule has 0 amide bonds. The van der Waals surface area contributed by atoms with E-state index in [0.29, 0.717) is 19.1 Å². The third-order valence-electron chi connectivity index (χ3n) is 5.37. The molecule has 3 N–H and O–H groups in total. The number of hydrogen-bond donors (Lipinski definition) is 2. The Hall–Kier alpha value is -3.00. The summed E-state index contributed by atoms with van der Waals surface area (Å²) in [6.45, 7) is 6.98. The Kier molecular flexibility index (Phi) is 6.77. The number of aliphatic carboxylic acids is 1. The summed E-state index contributed by atoms with van der Waals surface area (Å²) < 4.78 is 0. The number of carbonyl (C=O) groups is 1. The first-order valence-corrected chi connectivity index (χ1v) is 9.81. The van der Waals surface area contributed by atoms with E-state index in [1.165, 1.54) is 11.1 Å². The number of hydrazone groups is 1. The zero-order chi connectivity index (χ0) is 20.8. The Bertz CT molecular complexity index is 829. The molecule has 0 atom stereocenters. The van der Waals surface area contributed by atoms with E-state index in [0.717, 1.165) is 37.3 Å². The lowest BCUT2D eigenvalue weighted by Crippen LogP contribution is -2.44. The predicted molar refractivity (Wildman–Crippen MR) is 111 cm³/mol. The fourth-order valence-corrected chi connectivity index (χ4v) is 3.58. The number of carboxylic acids is 1. The standard InChI is InChI=1S/C21H28N6O2/c1-15-5-3-9-23-18(15)13-26(14-19-16(2)6-4-10-24-19)17-7-11-27(12-8-17)25-20(22)21(28)29/h3-6,9-10,17H,7-8,11-14H2,1-2H3,(H2,22,25)(H,28,29). The third kappa shape index (κ3) is 5.51. The van der Waals surface area contributed by atoms with Crippen LogP contribution in [0.3, 0.4) is 0 Å². The lowest BCUT2D eigenvalue weighted by molar-refractivity contribution is -0.129. The van der Waals surface area contributed by atoms with Gasteiger partial charge in [0.25, 0.3) is 0 Å². The molecule has 3 rings (SSSR count). The molecular formula is C21H28N6O2. The summed E-state index contributed by atoms with van der Waals surface area (Å²) in [5, 5.41) is 14.7. The van der Waals surface area contributed by atoms with E-state index >= 15 is 0 Å². The zero-order valence-corrected chi connectivity index (χ0v) is 17.0. The van der Waals surface area contributed by atoms with Crippen molar-refractivity contribution in [1.82, 2.24) is 19.9 Å². The van der Waals surface area contributed by atoms with Gasteiger partial charge in [-0.15, -0.1) is 0 Å². The van der Waals surface area contributed by atoms with Crippen LogP contribution in [0, 0.1) is 13.8 Å². The Labute approximate surface area is 171 Å². The first kappa shape index (κ1) is 20.7. The van der Waals surface area contributed by atoms with Crippen molar-refractivity contribution in [3.05, 3.63) is 59.2 Å². The molecule has 29 heavy (non-hydrogen) atoms. The summed E-state index contributed by atoms with van der Waals surface area (Å²) >= 11 is 0. The Balaban J connectivity index is 1.75. The number of rotatable bonds is 6. The van der Waals surface area contributed by atoms with Gasteiger partial charge in [-0.1, -0.05) is 12.1 Å². The van der Waals surface area contributed by atoms with Crippen LogP contribution in [0.4, 0.5) is 0 Å². The van der Waals surface area contributed by atoms with Gasteiger partial charge in [-0.3, -0.25) is 19.9 Å². The van der Waals surface area contributed by atoms with Gasteiger partial charge < -0.3 is 10.8 Å². The highest BCUT2D eigenvalue weighted by molar-refractivity contribution is 6.33. The molecule has 0 bridgehead atoms. The van der Waals surface area contributed by atoms with Crippen LogP contribution in [0.25, 0.3) is 0 Å². The van der Waals surface area contributed by atoms with Gasteiger partial charge >= 0.3 is 5.97 Å². The average molecular weight is 396 g/mol. The molecule has 1 fully saturated rings. The van der Waals surface area contributed by atoms with Crippen LogP contribution < -0.4 is 5.73 Å². The molecule has 0 aliphatic carbocycles. The summed E-state index contributed by atoms with van der Waals surface area (Å²) in [5.41, 5.74) is 9.94. The van der Waals surface area contributed by atoms with E-state index in [-0.39, 0.29) is 5.84 Å². The van der Waals surface area contributed by atoms with Crippen molar-refractivity contribution in [3.8, 4) is 0 Å². The average Bonchev–Trinajstić information content (AvgIpc) is 2.71. The molecule has 2 aromatic heterocycles. The summed E-state index contributed by atoms with van der Waals surface area (Å²) in [5.74, 6) is -1.56. The first-order chi connectivity index (χ1) is 13.9. The summed E-state index contributed by atoms with van der Waals surface area (Å²) in [4.78, 5) is 22.5. The fourth-order valence-electron chi connectivity index (χ4n) is 3.58. The van der Waals surface area contributed by atoms with E-state index in [2.05, 4.69) is 45.9 Å². The second-order valence-electron chi connectivity index (χ2n) is 7.41. The molecule has 0 spiro atoms. The molecule has 8 heteroatoms. The highest BCUT2D eigenvalue weighted by atomic mass is 16.4. The number of aryl methyl sites for hydroxylation is 2. The highest BCUT2D eigenvalue weighted by Gasteiger charge is 2.26. The minimum atomic E-state index is -1.19. The fraction of sp³-hybridized carbons (Fsp3) is 0.429. The molecule has 1 aliphatic heterocycles. The van der Waals surface area contributed by atoms with E-state index in [1.54, 1.807) is 5.01 Å².